The van der Waals surface area contributed by atoms with E-state index < -0.39 is 0 Å². The van der Waals surface area contributed by atoms with Gasteiger partial charge in [0.1, 0.15) is 5.82 Å². The van der Waals surface area contributed by atoms with Crippen molar-refractivity contribution < 1.29 is 14.0 Å². The molecule has 5 nitrogen and oxygen atoms in total. The lowest BCUT2D eigenvalue weighted by Crippen LogP contribution is -2.35. The van der Waals surface area contributed by atoms with Crippen molar-refractivity contribution in [2.75, 3.05) is 18.8 Å². The first-order valence-electron chi connectivity index (χ1n) is 7.96. The molecule has 2 rings (SSSR count). The number of benzene rings is 1. The molecule has 0 radical (unpaired) electrons. The lowest BCUT2D eigenvalue weighted by atomic mass is 10.1. The maximum absolute atomic E-state index is 13.1. The molecule has 2 aromatic rings. The number of pyridine rings is 1. The minimum absolute atomic E-state index is 0.105. The predicted molar refractivity (Wildman–Crippen MR) is 96.1 cm³/mol. The van der Waals surface area contributed by atoms with Gasteiger partial charge in [0.15, 0.2) is 0 Å². The number of nitrogens with zero attached hydrogens (tertiary/aromatic N) is 1. The molecule has 1 aromatic carbocycles. The van der Waals surface area contributed by atoms with Gasteiger partial charge in [-0.3, -0.25) is 9.59 Å². The summed E-state index contributed by atoms with van der Waals surface area (Å²) in [6, 6.07) is 9.32. The highest BCUT2D eigenvalue weighted by Gasteiger charge is 2.07. The van der Waals surface area contributed by atoms with Crippen LogP contribution in [0.15, 0.2) is 47.6 Å². The van der Waals surface area contributed by atoms with Crippen LogP contribution in [0.25, 0.3) is 0 Å². The van der Waals surface area contributed by atoms with Gasteiger partial charge in [-0.1, -0.05) is 19.1 Å². The number of aromatic nitrogens is 1. The molecule has 0 aliphatic carbocycles. The van der Waals surface area contributed by atoms with E-state index in [0.717, 1.165) is 10.8 Å². The van der Waals surface area contributed by atoms with Gasteiger partial charge in [-0.05, 0) is 35.6 Å². The lowest BCUT2D eigenvalue weighted by molar-refractivity contribution is -0.120. The average molecular weight is 361 g/mol. The van der Waals surface area contributed by atoms with Gasteiger partial charge in [0, 0.05) is 24.8 Å². The van der Waals surface area contributed by atoms with Crippen LogP contribution >= 0.6 is 11.8 Å². The number of halogens is 1. The predicted octanol–water partition coefficient (Wildman–Crippen LogP) is 2.42. The van der Waals surface area contributed by atoms with Gasteiger partial charge in [-0.2, -0.15) is 0 Å². The number of nitrogens with one attached hydrogen (secondary N) is 2. The smallest absolute Gasteiger partial charge is 0.251 e. The van der Waals surface area contributed by atoms with Crippen LogP contribution in [-0.4, -0.2) is 35.6 Å². The third-order valence-corrected chi connectivity index (χ3v) is 4.08. The Morgan fingerprint density at radius 2 is 1.96 bits per heavy atom. The molecule has 0 saturated carbocycles. The SMILES string of the molecule is CCSc1cc(C(=O)NCCNC(=O)Cc2cccc(F)c2)ccn1. The van der Waals surface area contributed by atoms with E-state index in [9.17, 15) is 14.0 Å². The largest absolute Gasteiger partial charge is 0.354 e. The molecule has 0 fully saturated rings. The molecular weight excluding hydrogens is 341 g/mol. The van der Waals surface area contributed by atoms with Gasteiger partial charge in [-0.25, -0.2) is 9.37 Å². The summed E-state index contributed by atoms with van der Waals surface area (Å²) in [4.78, 5) is 28.0. The fourth-order valence-electron chi connectivity index (χ4n) is 2.15. The zero-order chi connectivity index (χ0) is 18.1. The molecule has 132 valence electrons. The molecule has 0 saturated heterocycles. The van der Waals surface area contributed by atoms with Crippen LogP contribution in [0.2, 0.25) is 0 Å². The van der Waals surface area contributed by atoms with Gasteiger partial charge >= 0.3 is 0 Å². The highest BCUT2D eigenvalue weighted by atomic mass is 32.2. The number of thioether (sulfide) groups is 1. The van der Waals surface area contributed by atoms with Crippen LogP contribution in [-0.2, 0) is 11.2 Å². The Morgan fingerprint density at radius 3 is 2.72 bits per heavy atom. The van der Waals surface area contributed by atoms with Crippen LogP contribution in [0.1, 0.15) is 22.8 Å². The van der Waals surface area contributed by atoms with Crippen LogP contribution in [0, 0.1) is 5.82 Å². The van der Waals surface area contributed by atoms with Gasteiger partial charge in [-0.15, -0.1) is 11.8 Å². The molecule has 0 bridgehead atoms. The van der Waals surface area contributed by atoms with E-state index in [1.807, 2.05) is 6.92 Å². The van der Waals surface area contributed by atoms with E-state index in [1.165, 1.54) is 12.1 Å². The summed E-state index contributed by atoms with van der Waals surface area (Å²) in [5, 5.41) is 6.25. The Morgan fingerprint density at radius 1 is 1.16 bits per heavy atom. The molecule has 25 heavy (non-hydrogen) atoms. The first-order valence-corrected chi connectivity index (χ1v) is 8.95. The molecule has 1 heterocycles. The topological polar surface area (TPSA) is 71.1 Å². The third kappa shape index (κ3) is 6.54. The maximum Gasteiger partial charge on any atom is 0.251 e. The lowest BCUT2D eigenvalue weighted by Gasteiger charge is -2.08. The normalized spacial score (nSPS) is 10.3. The molecule has 0 atom stereocenters. The molecule has 0 aliphatic rings. The minimum Gasteiger partial charge on any atom is -0.354 e. The molecule has 0 spiro atoms. The van der Waals surface area contributed by atoms with E-state index in [-0.39, 0.29) is 24.1 Å². The highest BCUT2D eigenvalue weighted by molar-refractivity contribution is 7.99. The molecule has 2 N–H and O–H groups in total. The first kappa shape index (κ1) is 18.9. The van der Waals surface area contributed by atoms with Crippen LogP contribution in [0.5, 0.6) is 0 Å². The molecule has 2 amide bonds. The summed E-state index contributed by atoms with van der Waals surface area (Å²) in [5.41, 5.74) is 1.15. The molecular formula is C18H20FN3O2S. The van der Waals surface area contributed by atoms with Crippen molar-refractivity contribution in [2.24, 2.45) is 0 Å². The van der Waals surface area contributed by atoms with Crippen LogP contribution < -0.4 is 10.6 Å². The number of hydrogen-bond acceptors (Lipinski definition) is 4. The van der Waals surface area contributed by atoms with Crippen LogP contribution in [0.4, 0.5) is 4.39 Å². The summed E-state index contributed by atoms with van der Waals surface area (Å²) in [5.74, 6) is 0.0933. The third-order valence-electron chi connectivity index (χ3n) is 3.28. The summed E-state index contributed by atoms with van der Waals surface area (Å²) in [7, 11) is 0. The fourth-order valence-corrected chi connectivity index (χ4v) is 2.79. The summed E-state index contributed by atoms with van der Waals surface area (Å²) >= 11 is 1.57. The van der Waals surface area contributed by atoms with Gasteiger partial charge in [0.05, 0.1) is 11.4 Å². The summed E-state index contributed by atoms with van der Waals surface area (Å²) in [6.07, 6.45) is 1.71. The Bertz CT molecular complexity index is 740. The maximum atomic E-state index is 13.1. The first-order chi connectivity index (χ1) is 12.1. The van der Waals surface area contributed by atoms with Crippen molar-refractivity contribution in [1.29, 1.82) is 0 Å². The number of carbonyl (C=O) groups excluding carboxylic acids is 2. The van der Waals surface area contributed by atoms with E-state index in [4.69, 9.17) is 0 Å². The number of carbonyl (C=O) groups is 2. The Labute approximate surface area is 150 Å². The minimum atomic E-state index is -0.365. The molecule has 0 unspecified atom stereocenters. The van der Waals surface area contributed by atoms with Crippen molar-refractivity contribution >= 4 is 23.6 Å². The van der Waals surface area contributed by atoms with Gasteiger partial charge < -0.3 is 10.6 Å². The van der Waals surface area contributed by atoms with Crippen molar-refractivity contribution in [1.82, 2.24) is 15.6 Å². The Balaban J connectivity index is 1.72. The quantitative estimate of drug-likeness (QED) is 0.560. The zero-order valence-corrected chi connectivity index (χ0v) is 14.7. The van der Waals surface area contributed by atoms with Crippen molar-refractivity contribution in [2.45, 2.75) is 18.4 Å². The van der Waals surface area contributed by atoms with Crippen molar-refractivity contribution in [3.8, 4) is 0 Å². The second-order valence-corrected chi connectivity index (χ2v) is 6.51. The van der Waals surface area contributed by atoms with Crippen LogP contribution in [0.3, 0.4) is 0 Å². The van der Waals surface area contributed by atoms with E-state index >= 15 is 0 Å². The molecule has 0 aliphatic heterocycles. The van der Waals surface area contributed by atoms with Crippen molar-refractivity contribution in [3.63, 3.8) is 0 Å². The molecule has 7 heteroatoms. The summed E-state index contributed by atoms with van der Waals surface area (Å²) in [6.45, 7) is 2.64. The number of amides is 2. The number of hydrogen-bond donors (Lipinski definition) is 2. The summed E-state index contributed by atoms with van der Waals surface area (Å²) < 4.78 is 13.1. The zero-order valence-electron chi connectivity index (χ0n) is 13.9. The Hall–Kier alpha value is -2.41. The van der Waals surface area contributed by atoms with Gasteiger partial charge in [0.2, 0.25) is 5.91 Å². The standard InChI is InChI=1S/C18H20FN3O2S/c1-2-25-17-12-14(6-7-21-17)18(24)22-9-8-20-16(23)11-13-4-3-5-15(19)10-13/h3-7,10,12H,2,8-9,11H2,1H3,(H,20,23)(H,22,24). The second kappa shape index (κ2) is 9.78. The Kier molecular flexibility index (Phi) is 7.40. The van der Waals surface area contributed by atoms with E-state index in [0.29, 0.717) is 24.2 Å². The molecule has 1 aromatic heterocycles. The van der Waals surface area contributed by atoms with E-state index in [1.54, 1.807) is 42.2 Å². The highest BCUT2D eigenvalue weighted by Crippen LogP contribution is 2.15. The second-order valence-electron chi connectivity index (χ2n) is 5.23. The number of rotatable bonds is 8. The van der Waals surface area contributed by atoms with Gasteiger partial charge in [0.25, 0.3) is 5.91 Å². The average Bonchev–Trinajstić information content (AvgIpc) is 2.59. The van der Waals surface area contributed by atoms with E-state index in [2.05, 4.69) is 15.6 Å². The monoisotopic (exact) mass is 361 g/mol. The fraction of sp³-hybridized carbons (Fsp3) is 0.278. The van der Waals surface area contributed by atoms with Crippen molar-refractivity contribution in [3.05, 3.63) is 59.5 Å².